The number of nitrogens with zero attached hydrogens (tertiary/aromatic N) is 4. The van der Waals surface area contributed by atoms with Gasteiger partial charge in [0.1, 0.15) is 5.82 Å². The maximum absolute atomic E-state index is 13.0. The molecule has 9 heteroatoms. The summed E-state index contributed by atoms with van der Waals surface area (Å²) in [5, 5.41) is 4.76. The van der Waals surface area contributed by atoms with Gasteiger partial charge in [-0.05, 0) is 30.0 Å². The lowest BCUT2D eigenvalue weighted by Crippen LogP contribution is -2.33. The number of aromatic nitrogens is 3. The Morgan fingerprint density at radius 3 is 2.85 bits per heavy atom. The Morgan fingerprint density at radius 2 is 2.11 bits per heavy atom. The van der Waals surface area contributed by atoms with Crippen LogP contribution in [-0.4, -0.2) is 39.0 Å². The molecule has 0 radical (unpaired) electrons. The number of nitrogens with one attached hydrogen (secondary N) is 1. The van der Waals surface area contributed by atoms with Crippen molar-refractivity contribution in [1.82, 2.24) is 19.9 Å². The van der Waals surface area contributed by atoms with Gasteiger partial charge in [0.15, 0.2) is 11.6 Å². The van der Waals surface area contributed by atoms with Crippen molar-refractivity contribution in [3.8, 4) is 10.6 Å². The number of nitrogen functional groups attached to an aromatic ring is 1. The van der Waals surface area contributed by atoms with Crippen molar-refractivity contribution in [2.24, 2.45) is 0 Å². The molecule has 0 bridgehead atoms. The summed E-state index contributed by atoms with van der Waals surface area (Å²) in [5.74, 6) is 0.397. The number of carbonyl (C=O) groups is 1. The van der Waals surface area contributed by atoms with E-state index in [1.807, 2.05) is 23.6 Å². The van der Waals surface area contributed by atoms with E-state index in [0.717, 1.165) is 29.4 Å². The van der Waals surface area contributed by atoms with Gasteiger partial charge in [0.25, 0.3) is 0 Å². The van der Waals surface area contributed by atoms with Gasteiger partial charge in [-0.15, -0.1) is 11.3 Å². The quantitative estimate of drug-likeness (QED) is 0.722. The fourth-order valence-corrected chi connectivity index (χ4v) is 3.70. The first kappa shape index (κ1) is 17.3. The van der Waals surface area contributed by atoms with E-state index < -0.39 is 5.82 Å². The maximum Gasteiger partial charge on any atom is 0.323 e. The monoisotopic (exact) mass is 384 g/mol. The van der Waals surface area contributed by atoms with Gasteiger partial charge in [0, 0.05) is 19.0 Å². The van der Waals surface area contributed by atoms with Crippen LogP contribution in [0.1, 0.15) is 18.2 Å². The molecule has 0 saturated carbocycles. The summed E-state index contributed by atoms with van der Waals surface area (Å²) in [6.07, 6.45) is 3.01. The Morgan fingerprint density at radius 1 is 1.30 bits per heavy atom. The highest BCUT2D eigenvalue weighted by atomic mass is 32.1. The minimum absolute atomic E-state index is 0.0147. The third-order valence-corrected chi connectivity index (χ3v) is 5.30. The largest absolute Gasteiger partial charge is 0.396 e. The molecule has 3 N–H and O–H groups in total. The summed E-state index contributed by atoms with van der Waals surface area (Å²) < 4.78 is 13.0. The number of halogens is 1. The minimum Gasteiger partial charge on any atom is -0.396 e. The number of thiophene rings is 1. The summed E-state index contributed by atoms with van der Waals surface area (Å²) in [5.41, 5.74) is 7.14. The molecule has 1 atom stereocenters. The van der Waals surface area contributed by atoms with Gasteiger partial charge >= 0.3 is 6.03 Å². The van der Waals surface area contributed by atoms with Crippen LogP contribution in [0.25, 0.3) is 10.6 Å². The van der Waals surface area contributed by atoms with E-state index in [4.69, 9.17) is 5.73 Å². The van der Waals surface area contributed by atoms with Gasteiger partial charge in [-0.2, -0.15) is 0 Å². The molecule has 0 aliphatic carbocycles. The molecule has 4 rings (SSSR count). The van der Waals surface area contributed by atoms with Crippen LogP contribution < -0.4 is 11.1 Å². The van der Waals surface area contributed by atoms with Crippen molar-refractivity contribution >= 4 is 28.9 Å². The van der Waals surface area contributed by atoms with E-state index in [0.29, 0.717) is 30.4 Å². The normalized spacial score (nSPS) is 16.5. The molecule has 0 aromatic carbocycles. The molecule has 1 aliphatic rings. The second-order valence-electron chi connectivity index (χ2n) is 6.23. The van der Waals surface area contributed by atoms with E-state index in [1.165, 1.54) is 0 Å². The van der Waals surface area contributed by atoms with Crippen LogP contribution in [0, 0.1) is 5.82 Å². The second-order valence-corrected chi connectivity index (χ2v) is 7.18. The van der Waals surface area contributed by atoms with E-state index in [9.17, 15) is 9.18 Å². The first-order valence-electron chi connectivity index (χ1n) is 8.44. The van der Waals surface area contributed by atoms with Crippen molar-refractivity contribution in [2.45, 2.75) is 12.3 Å². The highest BCUT2D eigenvalue weighted by Crippen LogP contribution is 2.28. The lowest BCUT2D eigenvalue weighted by Gasteiger charge is -2.17. The molecule has 0 spiro atoms. The van der Waals surface area contributed by atoms with Crippen LogP contribution in [0.5, 0.6) is 0 Å². The van der Waals surface area contributed by atoms with Crippen LogP contribution in [0.3, 0.4) is 0 Å². The number of anilines is 2. The zero-order valence-corrected chi connectivity index (χ0v) is 15.1. The molecular formula is C18H17FN6OS. The number of nitrogens with two attached hydrogens (primary N) is 1. The molecule has 0 unspecified atom stereocenters. The van der Waals surface area contributed by atoms with E-state index in [2.05, 4.69) is 20.3 Å². The number of hydrogen-bond donors (Lipinski definition) is 2. The van der Waals surface area contributed by atoms with Gasteiger partial charge in [0.05, 0.1) is 28.7 Å². The summed E-state index contributed by atoms with van der Waals surface area (Å²) >= 11 is 1.57. The average molecular weight is 384 g/mol. The fourth-order valence-electron chi connectivity index (χ4n) is 3.00. The summed E-state index contributed by atoms with van der Waals surface area (Å²) in [7, 11) is 0. The standard InChI is InChI=1S/C18H17FN6OS/c19-12-8-21-16(22-9-12)11-5-6-25(10-11)18(26)24-17-13(20)3-4-14(23-17)15-2-1-7-27-15/h1-4,7-9,11H,5-6,10,20H2,(H,23,24,26)/t11-/m1/s1. The van der Waals surface area contributed by atoms with Crippen LogP contribution in [-0.2, 0) is 0 Å². The highest BCUT2D eigenvalue weighted by molar-refractivity contribution is 7.13. The van der Waals surface area contributed by atoms with Crippen molar-refractivity contribution < 1.29 is 9.18 Å². The van der Waals surface area contributed by atoms with Crippen molar-refractivity contribution in [1.29, 1.82) is 0 Å². The number of pyridine rings is 1. The van der Waals surface area contributed by atoms with Crippen LogP contribution >= 0.6 is 11.3 Å². The van der Waals surface area contributed by atoms with E-state index in [-0.39, 0.29) is 11.9 Å². The smallest absolute Gasteiger partial charge is 0.323 e. The fraction of sp³-hybridized carbons (Fsp3) is 0.222. The van der Waals surface area contributed by atoms with Crippen LogP contribution in [0.4, 0.5) is 20.7 Å². The maximum atomic E-state index is 13.0. The van der Waals surface area contributed by atoms with E-state index >= 15 is 0 Å². The molecular weight excluding hydrogens is 367 g/mol. The predicted molar refractivity (Wildman–Crippen MR) is 102 cm³/mol. The Kier molecular flexibility index (Phi) is 4.68. The van der Waals surface area contributed by atoms with Crippen molar-refractivity contribution in [3.05, 3.63) is 53.7 Å². The molecule has 1 saturated heterocycles. The van der Waals surface area contributed by atoms with Gasteiger partial charge in [-0.25, -0.2) is 24.1 Å². The Labute approximate surface area is 159 Å². The molecule has 3 aromatic rings. The summed E-state index contributed by atoms with van der Waals surface area (Å²) in [4.78, 5) is 27.8. The summed E-state index contributed by atoms with van der Waals surface area (Å²) in [6.45, 7) is 1.02. The van der Waals surface area contributed by atoms with Crippen molar-refractivity contribution in [3.63, 3.8) is 0 Å². The number of amides is 2. The van der Waals surface area contributed by atoms with Crippen LogP contribution in [0.15, 0.2) is 42.0 Å². The van der Waals surface area contributed by atoms with Gasteiger partial charge in [-0.1, -0.05) is 6.07 Å². The average Bonchev–Trinajstić information content (AvgIpc) is 3.36. The Bertz CT molecular complexity index is 947. The number of hydrogen-bond acceptors (Lipinski definition) is 6. The van der Waals surface area contributed by atoms with Crippen LogP contribution in [0.2, 0.25) is 0 Å². The third-order valence-electron chi connectivity index (χ3n) is 4.41. The third kappa shape index (κ3) is 3.72. The van der Waals surface area contributed by atoms with Crippen molar-refractivity contribution in [2.75, 3.05) is 24.1 Å². The minimum atomic E-state index is -0.474. The number of likely N-dealkylation sites (tertiary alicyclic amines) is 1. The molecule has 3 aromatic heterocycles. The first-order chi connectivity index (χ1) is 13.1. The first-order valence-corrected chi connectivity index (χ1v) is 9.32. The SMILES string of the molecule is Nc1ccc(-c2cccs2)nc1NC(=O)N1CC[C@@H](c2ncc(F)cn2)C1. The molecule has 2 amide bonds. The Balaban J connectivity index is 1.45. The summed E-state index contributed by atoms with van der Waals surface area (Å²) in [6, 6.07) is 7.19. The molecule has 4 heterocycles. The molecule has 138 valence electrons. The zero-order chi connectivity index (χ0) is 18.8. The lowest BCUT2D eigenvalue weighted by molar-refractivity contribution is 0.222. The molecule has 1 fully saturated rings. The number of rotatable bonds is 3. The van der Waals surface area contributed by atoms with Gasteiger partial charge in [0.2, 0.25) is 0 Å². The lowest BCUT2D eigenvalue weighted by atomic mass is 10.1. The topological polar surface area (TPSA) is 97.0 Å². The predicted octanol–water partition coefficient (Wildman–Crippen LogP) is 3.34. The number of carbonyl (C=O) groups excluding carboxylic acids is 1. The molecule has 27 heavy (non-hydrogen) atoms. The van der Waals surface area contributed by atoms with Gasteiger partial charge < -0.3 is 10.6 Å². The highest BCUT2D eigenvalue weighted by Gasteiger charge is 2.29. The Hall–Kier alpha value is -3.07. The van der Waals surface area contributed by atoms with Gasteiger partial charge in [-0.3, -0.25) is 5.32 Å². The molecule has 7 nitrogen and oxygen atoms in total. The molecule has 1 aliphatic heterocycles. The number of urea groups is 1. The second kappa shape index (κ2) is 7.28. The zero-order valence-electron chi connectivity index (χ0n) is 14.3. The van der Waals surface area contributed by atoms with E-state index in [1.54, 1.807) is 22.3 Å².